The standard InChI is InChI=1S/C17H34N2O2/c1-13(2)18-17(4,16(20)21)11-14(3)19(5)12-15-9-7-6-8-10-15/h13-15,18H,6-12H2,1-5H3,(H,20,21). The van der Waals surface area contributed by atoms with Crippen molar-refractivity contribution in [2.45, 2.75) is 83.8 Å². The van der Waals surface area contributed by atoms with Gasteiger partial charge in [-0.3, -0.25) is 10.1 Å². The Morgan fingerprint density at radius 3 is 2.33 bits per heavy atom. The fraction of sp³-hybridized carbons (Fsp3) is 0.941. The van der Waals surface area contributed by atoms with E-state index in [0.29, 0.717) is 6.42 Å². The summed E-state index contributed by atoms with van der Waals surface area (Å²) in [7, 11) is 2.14. The Hall–Kier alpha value is -0.610. The number of carbonyl (C=O) groups is 1. The van der Waals surface area contributed by atoms with E-state index in [1.54, 1.807) is 6.92 Å². The lowest BCUT2D eigenvalue weighted by Gasteiger charge is -2.36. The fourth-order valence-electron chi connectivity index (χ4n) is 3.55. The van der Waals surface area contributed by atoms with E-state index in [1.807, 2.05) is 13.8 Å². The molecule has 0 saturated heterocycles. The molecule has 21 heavy (non-hydrogen) atoms. The molecular weight excluding hydrogens is 264 g/mol. The first-order valence-corrected chi connectivity index (χ1v) is 8.46. The highest BCUT2D eigenvalue weighted by Gasteiger charge is 2.36. The van der Waals surface area contributed by atoms with Gasteiger partial charge in [-0.15, -0.1) is 0 Å². The molecule has 0 aromatic carbocycles. The lowest BCUT2D eigenvalue weighted by Crippen LogP contribution is -2.55. The normalized spacial score (nSPS) is 21.5. The van der Waals surface area contributed by atoms with Gasteiger partial charge in [-0.05, 0) is 59.9 Å². The zero-order valence-electron chi connectivity index (χ0n) is 14.5. The summed E-state index contributed by atoms with van der Waals surface area (Å²) in [5.74, 6) is 0.0365. The second-order valence-corrected chi connectivity index (χ2v) is 7.43. The maximum Gasteiger partial charge on any atom is 0.323 e. The van der Waals surface area contributed by atoms with Crippen molar-refractivity contribution >= 4 is 5.97 Å². The molecule has 1 saturated carbocycles. The van der Waals surface area contributed by atoms with E-state index in [1.165, 1.54) is 32.1 Å². The molecule has 2 unspecified atom stereocenters. The second-order valence-electron chi connectivity index (χ2n) is 7.43. The number of rotatable bonds is 8. The minimum Gasteiger partial charge on any atom is -0.480 e. The Balaban J connectivity index is 2.55. The summed E-state index contributed by atoms with van der Waals surface area (Å²) in [6, 6.07) is 0.432. The van der Waals surface area contributed by atoms with Crippen LogP contribution in [0.5, 0.6) is 0 Å². The van der Waals surface area contributed by atoms with Crippen molar-refractivity contribution in [1.82, 2.24) is 10.2 Å². The van der Waals surface area contributed by atoms with Crippen LogP contribution in [0.3, 0.4) is 0 Å². The Bertz CT molecular complexity index is 327. The van der Waals surface area contributed by atoms with Gasteiger partial charge in [0.05, 0.1) is 0 Å². The number of hydrogen-bond donors (Lipinski definition) is 2. The summed E-state index contributed by atoms with van der Waals surface area (Å²) < 4.78 is 0. The third kappa shape index (κ3) is 5.95. The molecule has 1 rings (SSSR count). The Morgan fingerprint density at radius 1 is 1.29 bits per heavy atom. The van der Waals surface area contributed by atoms with Crippen molar-refractivity contribution in [2.75, 3.05) is 13.6 Å². The molecule has 0 aromatic rings. The molecule has 1 fully saturated rings. The molecule has 4 heteroatoms. The highest BCUT2D eigenvalue weighted by atomic mass is 16.4. The van der Waals surface area contributed by atoms with Gasteiger partial charge in [0.1, 0.15) is 5.54 Å². The second kappa shape index (κ2) is 8.14. The number of nitrogens with zero attached hydrogens (tertiary/aromatic N) is 1. The van der Waals surface area contributed by atoms with E-state index in [2.05, 4.69) is 24.2 Å². The molecular formula is C17H34N2O2. The zero-order chi connectivity index (χ0) is 16.0. The van der Waals surface area contributed by atoms with E-state index in [-0.39, 0.29) is 12.1 Å². The maximum atomic E-state index is 11.6. The monoisotopic (exact) mass is 298 g/mol. The highest BCUT2D eigenvalue weighted by Crippen LogP contribution is 2.25. The van der Waals surface area contributed by atoms with Crippen molar-refractivity contribution in [3.8, 4) is 0 Å². The molecule has 4 nitrogen and oxygen atoms in total. The van der Waals surface area contributed by atoms with Crippen molar-refractivity contribution in [2.24, 2.45) is 5.92 Å². The van der Waals surface area contributed by atoms with Gasteiger partial charge in [-0.25, -0.2) is 0 Å². The molecule has 0 bridgehead atoms. The van der Waals surface area contributed by atoms with Crippen molar-refractivity contribution in [3.63, 3.8) is 0 Å². The van der Waals surface area contributed by atoms with Crippen LogP contribution in [0.15, 0.2) is 0 Å². The van der Waals surface area contributed by atoms with E-state index in [4.69, 9.17) is 0 Å². The van der Waals surface area contributed by atoms with E-state index >= 15 is 0 Å². The van der Waals surface area contributed by atoms with Crippen LogP contribution in [0.2, 0.25) is 0 Å². The van der Waals surface area contributed by atoms with Gasteiger partial charge in [0.25, 0.3) is 0 Å². The first-order chi connectivity index (χ1) is 9.74. The van der Waals surface area contributed by atoms with Gasteiger partial charge in [0, 0.05) is 18.6 Å². The van der Waals surface area contributed by atoms with Crippen molar-refractivity contribution in [1.29, 1.82) is 0 Å². The lowest BCUT2D eigenvalue weighted by atomic mass is 9.87. The van der Waals surface area contributed by atoms with Crippen LogP contribution in [0.4, 0.5) is 0 Å². The predicted octanol–water partition coefficient (Wildman–Crippen LogP) is 3.12. The summed E-state index contributed by atoms with van der Waals surface area (Å²) in [4.78, 5) is 14.0. The summed E-state index contributed by atoms with van der Waals surface area (Å²) >= 11 is 0. The minimum atomic E-state index is -0.853. The average molecular weight is 298 g/mol. The molecule has 0 aromatic heterocycles. The van der Waals surface area contributed by atoms with E-state index in [0.717, 1.165) is 12.5 Å². The van der Waals surface area contributed by atoms with Gasteiger partial charge in [0.2, 0.25) is 0 Å². The first-order valence-electron chi connectivity index (χ1n) is 8.46. The zero-order valence-corrected chi connectivity index (χ0v) is 14.5. The fourth-order valence-corrected chi connectivity index (χ4v) is 3.55. The quantitative estimate of drug-likeness (QED) is 0.723. The minimum absolute atomic E-state index is 0.168. The third-order valence-electron chi connectivity index (χ3n) is 4.81. The van der Waals surface area contributed by atoms with Crippen LogP contribution < -0.4 is 5.32 Å². The number of nitrogens with one attached hydrogen (secondary N) is 1. The molecule has 124 valence electrons. The van der Waals surface area contributed by atoms with Crippen molar-refractivity contribution in [3.05, 3.63) is 0 Å². The van der Waals surface area contributed by atoms with Crippen LogP contribution in [0.25, 0.3) is 0 Å². The molecule has 2 N–H and O–H groups in total. The third-order valence-corrected chi connectivity index (χ3v) is 4.81. The average Bonchev–Trinajstić information content (AvgIpc) is 2.38. The largest absolute Gasteiger partial charge is 0.480 e. The summed E-state index contributed by atoms with van der Waals surface area (Å²) in [5.41, 5.74) is -0.853. The summed E-state index contributed by atoms with van der Waals surface area (Å²) in [5, 5.41) is 12.8. The predicted molar refractivity (Wildman–Crippen MR) is 87.6 cm³/mol. The van der Waals surface area contributed by atoms with Gasteiger partial charge < -0.3 is 10.0 Å². The SMILES string of the molecule is CC(C)NC(C)(CC(C)N(C)CC1CCCCC1)C(=O)O. The molecule has 1 aliphatic rings. The molecule has 0 aliphatic heterocycles. The molecule has 0 spiro atoms. The van der Waals surface area contributed by atoms with Gasteiger partial charge >= 0.3 is 5.97 Å². The highest BCUT2D eigenvalue weighted by molar-refractivity contribution is 5.78. The number of hydrogen-bond acceptors (Lipinski definition) is 3. The lowest BCUT2D eigenvalue weighted by molar-refractivity contribution is -0.145. The van der Waals surface area contributed by atoms with Crippen LogP contribution >= 0.6 is 0 Å². The van der Waals surface area contributed by atoms with E-state index in [9.17, 15) is 9.90 Å². The number of carboxylic acids is 1. The Kier molecular flexibility index (Phi) is 7.14. The molecule has 1 aliphatic carbocycles. The first kappa shape index (κ1) is 18.4. The Morgan fingerprint density at radius 2 is 1.86 bits per heavy atom. The summed E-state index contributed by atoms with van der Waals surface area (Å²) in [6.07, 6.45) is 7.38. The van der Waals surface area contributed by atoms with Crippen molar-refractivity contribution < 1.29 is 9.90 Å². The van der Waals surface area contributed by atoms with Gasteiger partial charge in [0.15, 0.2) is 0 Å². The van der Waals surface area contributed by atoms with Crippen LogP contribution in [-0.4, -0.2) is 47.2 Å². The van der Waals surface area contributed by atoms with Crippen LogP contribution in [0, 0.1) is 5.92 Å². The Labute approximate surface area is 130 Å². The van der Waals surface area contributed by atoms with E-state index < -0.39 is 11.5 Å². The number of carboxylic acid groups (broad SMARTS) is 1. The van der Waals surface area contributed by atoms with Crippen LogP contribution in [-0.2, 0) is 4.79 Å². The smallest absolute Gasteiger partial charge is 0.323 e. The van der Waals surface area contributed by atoms with Gasteiger partial charge in [-0.2, -0.15) is 0 Å². The molecule has 2 atom stereocenters. The number of aliphatic carboxylic acids is 1. The summed E-state index contributed by atoms with van der Waals surface area (Å²) in [6.45, 7) is 9.04. The van der Waals surface area contributed by atoms with Crippen LogP contribution in [0.1, 0.15) is 66.2 Å². The molecule has 0 amide bonds. The maximum absolute atomic E-state index is 11.6. The topological polar surface area (TPSA) is 52.6 Å². The van der Waals surface area contributed by atoms with Gasteiger partial charge in [-0.1, -0.05) is 19.3 Å². The molecule has 0 heterocycles. The molecule has 0 radical (unpaired) electrons.